The Hall–Kier alpha value is -1.15. The number of ketones is 1. The number of carbonyl (C=O) groups is 1. The van der Waals surface area contributed by atoms with Gasteiger partial charge < -0.3 is 4.79 Å². The lowest BCUT2D eigenvalue weighted by Gasteiger charge is -2.39. The zero-order valence-electron chi connectivity index (χ0n) is 9.15. The molecule has 0 spiro atoms. The normalized spacial score (nSPS) is 17.4. The molecule has 2 heteroatoms. The topological polar surface area (TPSA) is 20.3 Å². The van der Waals surface area contributed by atoms with Crippen molar-refractivity contribution in [2.75, 3.05) is 13.1 Å². The average molecular weight is 203 g/mol. The van der Waals surface area contributed by atoms with Gasteiger partial charge in [-0.1, -0.05) is 30.3 Å². The second kappa shape index (κ2) is 4.58. The summed E-state index contributed by atoms with van der Waals surface area (Å²) in [6, 6.07) is 10.5. The molecule has 80 valence electrons. The molecule has 2 rings (SSSR count). The van der Waals surface area contributed by atoms with Crippen molar-refractivity contribution in [3.8, 4) is 0 Å². The molecule has 1 saturated heterocycles. The lowest BCUT2D eigenvalue weighted by Crippen LogP contribution is -2.46. The summed E-state index contributed by atoms with van der Waals surface area (Å²) in [6.07, 6.45) is 0.755. The van der Waals surface area contributed by atoms with E-state index in [0.29, 0.717) is 11.7 Å². The number of likely N-dealkylation sites (tertiary alicyclic amines) is 1. The van der Waals surface area contributed by atoms with Gasteiger partial charge in [-0.15, -0.1) is 0 Å². The molecule has 1 aromatic rings. The van der Waals surface area contributed by atoms with Crippen molar-refractivity contribution in [1.82, 2.24) is 4.90 Å². The predicted octanol–water partition coefficient (Wildman–Crippen LogP) is 2.10. The van der Waals surface area contributed by atoms with Crippen molar-refractivity contribution >= 4 is 5.78 Å². The third kappa shape index (κ3) is 2.90. The first kappa shape index (κ1) is 10.4. The molecule has 0 bridgehead atoms. The van der Waals surface area contributed by atoms with Crippen LogP contribution in [0.15, 0.2) is 30.3 Å². The Morgan fingerprint density at radius 1 is 1.33 bits per heavy atom. The van der Waals surface area contributed by atoms with Crippen LogP contribution in [0.4, 0.5) is 0 Å². The van der Waals surface area contributed by atoms with E-state index in [-0.39, 0.29) is 0 Å². The molecule has 0 aromatic heterocycles. The number of nitrogens with zero attached hydrogens (tertiary/aromatic N) is 1. The second-order valence-electron chi connectivity index (χ2n) is 4.45. The van der Waals surface area contributed by atoms with Crippen LogP contribution in [0.5, 0.6) is 0 Å². The summed E-state index contributed by atoms with van der Waals surface area (Å²) in [5.74, 6) is 0.922. The van der Waals surface area contributed by atoms with Crippen LogP contribution in [-0.4, -0.2) is 23.8 Å². The minimum absolute atomic E-state index is 0.319. The van der Waals surface area contributed by atoms with Gasteiger partial charge in [-0.25, -0.2) is 0 Å². The van der Waals surface area contributed by atoms with E-state index in [0.717, 1.165) is 26.1 Å². The fourth-order valence-electron chi connectivity index (χ4n) is 2.18. The van der Waals surface area contributed by atoms with E-state index in [4.69, 9.17) is 0 Å². The quantitative estimate of drug-likeness (QED) is 0.747. The van der Waals surface area contributed by atoms with Crippen molar-refractivity contribution in [2.45, 2.75) is 19.9 Å². The molecule has 0 unspecified atom stereocenters. The molecule has 0 amide bonds. The summed E-state index contributed by atoms with van der Waals surface area (Å²) >= 11 is 0. The average Bonchev–Trinajstić information content (AvgIpc) is 2.15. The van der Waals surface area contributed by atoms with Crippen molar-refractivity contribution in [2.24, 2.45) is 5.92 Å². The highest BCUT2D eigenvalue weighted by Gasteiger charge is 2.27. The lowest BCUT2D eigenvalue weighted by atomic mass is 9.94. The fraction of sp³-hybridized carbons (Fsp3) is 0.462. The molecule has 1 aliphatic rings. The van der Waals surface area contributed by atoms with Crippen LogP contribution >= 0.6 is 0 Å². The number of rotatable bonds is 4. The summed E-state index contributed by atoms with van der Waals surface area (Å²) in [7, 11) is 0. The van der Waals surface area contributed by atoms with Crippen molar-refractivity contribution in [3.63, 3.8) is 0 Å². The van der Waals surface area contributed by atoms with Gasteiger partial charge in [-0.2, -0.15) is 0 Å². The van der Waals surface area contributed by atoms with Crippen molar-refractivity contribution in [1.29, 1.82) is 0 Å². The fourth-order valence-corrected chi connectivity index (χ4v) is 2.18. The Morgan fingerprint density at radius 3 is 2.60 bits per heavy atom. The van der Waals surface area contributed by atoms with Crippen LogP contribution in [0, 0.1) is 5.92 Å². The zero-order valence-corrected chi connectivity index (χ0v) is 9.15. The maximum atomic E-state index is 10.9. The van der Waals surface area contributed by atoms with Crippen molar-refractivity contribution in [3.05, 3.63) is 35.9 Å². The van der Waals surface area contributed by atoms with Crippen LogP contribution in [0.25, 0.3) is 0 Å². The highest BCUT2D eigenvalue weighted by atomic mass is 16.1. The summed E-state index contributed by atoms with van der Waals surface area (Å²) < 4.78 is 0. The molecule has 1 aromatic carbocycles. The molecule has 0 N–H and O–H groups in total. The Bertz CT molecular complexity index is 328. The zero-order chi connectivity index (χ0) is 10.7. The summed E-state index contributed by atoms with van der Waals surface area (Å²) in [4.78, 5) is 13.3. The van der Waals surface area contributed by atoms with E-state index >= 15 is 0 Å². The molecule has 0 aliphatic carbocycles. The Kier molecular flexibility index (Phi) is 3.17. The number of carbonyl (C=O) groups excluding carboxylic acids is 1. The summed E-state index contributed by atoms with van der Waals surface area (Å²) in [5, 5.41) is 0. The Balaban J connectivity index is 1.74. The third-order valence-corrected chi connectivity index (χ3v) is 2.86. The van der Waals surface area contributed by atoms with Gasteiger partial charge in [0.25, 0.3) is 0 Å². The van der Waals surface area contributed by atoms with E-state index in [1.807, 2.05) is 6.07 Å². The van der Waals surface area contributed by atoms with Gasteiger partial charge in [-0.05, 0) is 18.4 Å². The summed E-state index contributed by atoms with van der Waals surface area (Å²) in [5.41, 5.74) is 1.36. The SMILES string of the molecule is CC(=O)CC1CN(Cc2ccccc2)C1. The predicted molar refractivity (Wildman–Crippen MR) is 60.5 cm³/mol. The largest absolute Gasteiger partial charge is 0.300 e. The molecule has 0 radical (unpaired) electrons. The van der Waals surface area contributed by atoms with Crippen LogP contribution in [0.1, 0.15) is 18.9 Å². The van der Waals surface area contributed by atoms with Crippen molar-refractivity contribution < 1.29 is 4.79 Å². The van der Waals surface area contributed by atoms with Gasteiger partial charge >= 0.3 is 0 Å². The Labute approximate surface area is 90.9 Å². The van der Waals surface area contributed by atoms with Crippen LogP contribution < -0.4 is 0 Å². The van der Waals surface area contributed by atoms with E-state index in [1.54, 1.807) is 6.92 Å². The highest BCUT2D eigenvalue weighted by molar-refractivity contribution is 5.75. The van der Waals surface area contributed by atoms with Crippen LogP contribution in [-0.2, 0) is 11.3 Å². The Morgan fingerprint density at radius 2 is 2.00 bits per heavy atom. The number of benzene rings is 1. The van der Waals surface area contributed by atoms with Crippen LogP contribution in [0.3, 0.4) is 0 Å². The minimum atomic E-state index is 0.319. The van der Waals surface area contributed by atoms with E-state index in [2.05, 4.69) is 29.2 Å². The lowest BCUT2D eigenvalue weighted by molar-refractivity contribution is -0.119. The molecule has 0 atom stereocenters. The number of hydrogen-bond donors (Lipinski definition) is 0. The van der Waals surface area contributed by atoms with E-state index in [9.17, 15) is 4.79 Å². The van der Waals surface area contributed by atoms with Gasteiger partial charge in [0.1, 0.15) is 5.78 Å². The smallest absolute Gasteiger partial charge is 0.130 e. The molecule has 0 saturated carbocycles. The van der Waals surface area contributed by atoms with Gasteiger partial charge in [0.2, 0.25) is 0 Å². The second-order valence-corrected chi connectivity index (χ2v) is 4.45. The van der Waals surface area contributed by atoms with Gasteiger partial charge in [0.15, 0.2) is 0 Å². The maximum Gasteiger partial charge on any atom is 0.130 e. The highest BCUT2D eigenvalue weighted by Crippen LogP contribution is 2.21. The molecular formula is C13H17NO. The van der Waals surface area contributed by atoms with E-state index < -0.39 is 0 Å². The third-order valence-electron chi connectivity index (χ3n) is 2.86. The molecule has 1 heterocycles. The molecular weight excluding hydrogens is 186 g/mol. The minimum Gasteiger partial charge on any atom is -0.300 e. The number of Topliss-reactive ketones (excluding diaryl/α,β-unsaturated/α-hetero) is 1. The van der Waals surface area contributed by atoms with Crippen LogP contribution in [0.2, 0.25) is 0 Å². The molecule has 1 aliphatic heterocycles. The standard InChI is InChI=1S/C13H17NO/c1-11(15)7-13-9-14(10-13)8-12-5-3-2-4-6-12/h2-6,13H,7-10H2,1H3. The van der Waals surface area contributed by atoms with Gasteiger partial charge in [0, 0.05) is 26.1 Å². The maximum absolute atomic E-state index is 10.9. The first-order valence-electron chi connectivity index (χ1n) is 5.50. The molecule has 2 nitrogen and oxygen atoms in total. The monoisotopic (exact) mass is 203 g/mol. The number of hydrogen-bond acceptors (Lipinski definition) is 2. The molecule has 1 fully saturated rings. The molecule has 15 heavy (non-hydrogen) atoms. The van der Waals surface area contributed by atoms with E-state index in [1.165, 1.54) is 5.56 Å². The summed E-state index contributed by atoms with van der Waals surface area (Å²) in [6.45, 7) is 4.86. The van der Waals surface area contributed by atoms with Gasteiger partial charge in [0.05, 0.1) is 0 Å². The van der Waals surface area contributed by atoms with Gasteiger partial charge in [-0.3, -0.25) is 4.90 Å². The first-order valence-corrected chi connectivity index (χ1v) is 5.50. The first-order chi connectivity index (χ1) is 7.24.